The van der Waals surface area contributed by atoms with Crippen LogP contribution in [-0.2, 0) is 21.2 Å². The van der Waals surface area contributed by atoms with Gasteiger partial charge in [0.05, 0.1) is 25.2 Å². The number of rotatable bonds is 7. The third-order valence-electron chi connectivity index (χ3n) is 5.93. The first kappa shape index (κ1) is 23.2. The maximum Gasteiger partial charge on any atom is 0.291 e. The highest BCUT2D eigenvalue weighted by Crippen LogP contribution is 2.33. The van der Waals surface area contributed by atoms with E-state index in [0.29, 0.717) is 44.1 Å². The molecule has 1 aromatic heterocycles. The van der Waals surface area contributed by atoms with E-state index in [1.807, 2.05) is 18.2 Å². The molecule has 1 saturated heterocycles. The van der Waals surface area contributed by atoms with Crippen LogP contribution in [0.1, 0.15) is 53.1 Å². The zero-order valence-corrected chi connectivity index (χ0v) is 19.3. The van der Waals surface area contributed by atoms with Gasteiger partial charge < -0.3 is 15.0 Å². The van der Waals surface area contributed by atoms with Gasteiger partial charge in [0.1, 0.15) is 5.69 Å². The van der Waals surface area contributed by atoms with E-state index in [2.05, 4.69) is 27.3 Å². The minimum Gasteiger partial charge on any atom is -0.379 e. The number of H-pyrrole nitrogens is 1. The van der Waals surface area contributed by atoms with Crippen LogP contribution in [0.3, 0.4) is 0 Å². The molecule has 8 nitrogen and oxygen atoms in total. The van der Waals surface area contributed by atoms with Crippen molar-refractivity contribution >= 4 is 27.2 Å². The normalized spacial score (nSPS) is 17.2. The number of sulfonamides is 1. The van der Waals surface area contributed by atoms with Crippen LogP contribution in [0.4, 0.5) is 5.69 Å². The number of nitrogens with zero attached hydrogens (tertiary/aromatic N) is 2. The number of nitrogens with one attached hydrogen (secondary N) is 2. The fourth-order valence-corrected chi connectivity index (χ4v) is 5.55. The van der Waals surface area contributed by atoms with Gasteiger partial charge in [-0.15, -0.1) is 6.42 Å². The second kappa shape index (κ2) is 10.3. The third-order valence-corrected chi connectivity index (χ3v) is 7.80. The van der Waals surface area contributed by atoms with Gasteiger partial charge in [-0.1, -0.05) is 18.1 Å². The van der Waals surface area contributed by atoms with Crippen molar-refractivity contribution in [3.63, 3.8) is 0 Å². The second-order valence-corrected chi connectivity index (χ2v) is 10.3. The van der Waals surface area contributed by atoms with Gasteiger partial charge in [0.15, 0.2) is 5.82 Å². The highest BCUT2D eigenvalue weighted by Gasteiger charge is 2.24. The second-order valence-electron chi connectivity index (χ2n) is 8.18. The molecule has 0 radical (unpaired) electrons. The van der Waals surface area contributed by atoms with Gasteiger partial charge in [-0.2, -0.15) is 4.31 Å². The average Bonchev–Trinajstić information content (AvgIpc) is 3.34. The maximum atomic E-state index is 12.7. The molecule has 0 saturated carbocycles. The Morgan fingerprint density at radius 2 is 2.09 bits per heavy atom. The molecule has 33 heavy (non-hydrogen) atoms. The molecule has 2 heterocycles. The van der Waals surface area contributed by atoms with E-state index in [-0.39, 0.29) is 17.5 Å². The van der Waals surface area contributed by atoms with Crippen LogP contribution in [0.5, 0.6) is 0 Å². The standard InChI is InChI=1S/C24H28N4O4S/c1-2-20-17-25-23(26-20)24(29)27-22-9-8-18(16-21(22)19-6-4-3-5-7-19)10-15-33(30,31)28-11-13-32-14-12-28/h1,6,8-9,16-17H,3-5,7,10-15H2,(H,25,26)(H,27,29). The van der Waals surface area contributed by atoms with E-state index in [4.69, 9.17) is 11.2 Å². The Bertz CT molecular complexity index is 1190. The van der Waals surface area contributed by atoms with Gasteiger partial charge in [-0.05, 0) is 55.4 Å². The summed E-state index contributed by atoms with van der Waals surface area (Å²) in [6, 6.07) is 5.70. The first-order chi connectivity index (χ1) is 16.0. The summed E-state index contributed by atoms with van der Waals surface area (Å²) in [6.45, 7) is 1.67. The third kappa shape index (κ3) is 5.71. The SMILES string of the molecule is C#Cc1cnc(C(=O)Nc2ccc(CCS(=O)(=O)N3CCOCC3)cc2C2=CCCCC2)[nH]1. The number of allylic oxidation sites excluding steroid dienone is 2. The minimum atomic E-state index is -3.34. The number of hydrogen-bond donors (Lipinski definition) is 2. The summed E-state index contributed by atoms with van der Waals surface area (Å²) in [5, 5.41) is 2.93. The zero-order valence-electron chi connectivity index (χ0n) is 18.5. The highest BCUT2D eigenvalue weighted by atomic mass is 32.2. The lowest BCUT2D eigenvalue weighted by Gasteiger charge is -2.26. The number of terminal acetylenes is 1. The smallest absolute Gasteiger partial charge is 0.291 e. The lowest BCUT2D eigenvalue weighted by Crippen LogP contribution is -2.42. The van der Waals surface area contributed by atoms with Gasteiger partial charge in [0, 0.05) is 24.3 Å². The number of amides is 1. The number of aromatic amines is 1. The molecule has 1 aromatic carbocycles. The molecular formula is C24H28N4O4S. The molecule has 0 spiro atoms. The number of benzene rings is 1. The number of carbonyl (C=O) groups is 1. The van der Waals surface area contributed by atoms with E-state index >= 15 is 0 Å². The summed E-state index contributed by atoms with van der Waals surface area (Å²) in [6.07, 6.45) is 13.5. The van der Waals surface area contributed by atoms with E-state index in [1.165, 1.54) is 10.5 Å². The lowest BCUT2D eigenvalue weighted by molar-refractivity contribution is 0.0730. The molecule has 1 fully saturated rings. The summed E-state index contributed by atoms with van der Waals surface area (Å²) in [5.74, 6) is 2.23. The first-order valence-electron chi connectivity index (χ1n) is 11.2. The van der Waals surface area contributed by atoms with Crippen molar-refractivity contribution in [2.45, 2.75) is 32.1 Å². The number of aryl methyl sites for hydroxylation is 1. The predicted octanol–water partition coefficient (Wildman–Crippen LogP) is 2.81. The minimum absolute atomic E-state index is 0.0401. The summed E-state index contributed by atoms with van der Waals surface area (Å²) in [7, 11) is -3.34. The van der Waals surface area contributed by atoms with Crippen LogP contribution < -0.4 is 5.32 Å². The molecule has 9 heteroatoms. The number of imidazole rings is 1. The molecule has 4 rings (SSSR count). The molecule has 2 aliphatic rings. The number of aromatic nitrogens is 2. The molecule has 2 N–H and O–H groups in total. The number of hydrogen-bond acceptors (Lipinski definition) is 5. The van der Waals surface area contributed by atoms with Gasteiger partial charge in [-0.3, -0.25) is 4.79 Å². The molecule has 1 aliphatic carbocycles. The lowest BCUT2D eigenvalue weighted by atomic mass is 9.91. The van der Waals surface area contributed by atoms with Crippen molar-refractivity contribution in [2.75, 3.05) is 37.4 Å². The number of morpholine rings is 1. The van der Waals surface area contributed by atoms with Crippen molar-refractivity contribution in [2.24, 2.45) is 0 Å². The Hall–Kier alpha value is -2.93. The largest absolute Gasteiger partial charge is 0.379 e. The number of carbonyl (C=O) groups excluding carboxylic acids is 1. The van der Waals surface area contributed by atoms with Crippen molar-refractivity contribution in [3.8, 4) is 12.3 Å². The summed E-state index contributed by atoms with van der Waals surface area (Å²) < 4.78 is 32.2. The van der Waals surface area contributed by atoms with Crippen LogP contribution in [0.15, 0.2) is 30.5 Å². The predicted molar refractivity (Wildman–Crippen MR) is 127 cm³/mol. The van der Waals surface area contributed by atoms with Crippen molar-refractivity contribution < 1.29 is 17.9 Å². The average molecular weight is 469 g/mol. The molecule has 0 atom stereocenters. The topological polar surface area (TPSA) is 104 Å². The molecule has 1 amide bonds. The van der Waals surface area contributed by atoms with E-state index in [9.17, 15) is 13.2 Å². The zero-order chi connectivity index (χ0) is 23.3. The Morgan fingerprint density at radius 3 is 2.79 bits per heavy atom. The van der Waals surface area contributed by atoms with Crippen LogP contribution in [0.25, 0.3) is 5.57 Å². The fraction of sp³-hybridized carbons (Fsp3) is 0.417. The van der Waals surface area contributed by atoms with Crippen molar-refractivity contribution in [3.05, 3.63) is 53.1 Å². The molecule has 2 aromatic rings. The van der Waals surface area contributed by atoms with E-state index < -0.39 is 10.0 Å². The quantitative estimate of drug-likeness (QED) is 0.608. The Balaban J connectivity index is 1.54. The monoisotopic (exact) mass is 468 g/mol. The molecule has 0 unspecified atom stereocenters. The Morgan fingerprint density at radius 1 is 1.27 bits per heavy atom. The van der Waals surface area contributed by atoms with Gasteiger partial charge in [0.2, 0.25) is 10.0 Å². The number of ether oxygens (including phenoxy) is 1. The maximum absolute atomic E-state index is 12.7. The summed E-state index contributed by atoms with van der Waals surface area (Å²) in [5.41, 5.74) is 4.11. The number of anilines is 1. The van der Waals surface area contributed by atoms with Crippen LogP contribution in [0, 0.1) is 12.3 Å². The van der Waals surface area contributed by atoms with Crippen molar-refractivity contribution in [1.82, 2.24) is 14.3 Å². The van der Waals surface area contributed by atoms with Crippen LogP contribution in [0.2, 0.25) is 0 Å². The van der Waals surface area contributed by atoms with Crippen LogP contribution in [-0.4, -0.2) is 60.7 Å². The van der Waals surface area contributed by atoms with Crippen molar-refractivity contribution in [1.29, 1.82) is 0 Å². The van der Waals surface area contributed by atoms with Gasteiger partial charge in [-0.25, -0.2) is 13.4 Å². The van der Waals surface area contributed by atoms with E-state index in [0.717, 1.165) is 42.4 Å². The Labute approximate surface area is 194 Å². The Kier molecular flexibility index (Phi) is 7.28. The highest BCUT2D eigenvalue weighted by molar-refractivity contribution is 7.89. The molecule has 1 aliphatic heterocycles. The molecular weight excluding hydrogens is 440 g/mol. The summed E-state index contributed by atoms with van der Waals surface area (Å²) in [4.78, 5) is 19.6. The fourth-order valence-electron chi connectivity index (χ4n) is 4.10. The van der Waals surface area contributed by atoms with Gasteiger partial charge >= 0.3 is 0 Å². The molecule has 174 valence electrons. The summed E-state index contributed by atoms with van der Waals surface area (Å²) >= 11 is 0. The van der Waals surface area contributed by atoms with Gasteiger partial charge in [0.25, 0.3) is 5.91 Å². The van der Waals surface area contributed by atoms with Crippen LogP contribution >= 0.6 is 0 Å². The first-order valence-corrected chi connectivity index (χ1v) is 12.8. The molecule has 0 bridgehead atoms. The van der Waals surface area contributed by atoms with E-state index in [1.54, 1.807) is 0 Å².